The number of fused-ring (bicyclic) bond motifs is 1. The number of nitrogens with zero attached hydrogens (tertiary/aromatic N) is 3. The summed E-state index contributed by atoms with van der Waals surface area (Å²) in [5, 5.41) is 5.74. The topological polar surface area (TPSA) is 119 Å². The molecule has 0 aromatic heterocycles. The molecule has 2 aliphatic heterocycles. The van der Waals surface area contributed by atoms with Gasteiger partial charge in [0, 0.05) is 52.1 Å². The average Bonchev–Trinajstić information content (AvgIpc) is 3.32. The Bertz CT molecular complexity index is 1160. The average molecular weight is 624 g/mol. The second-order valence-electron chi connectivity index (χ2n) is 12.9. The standard InChI is InChI=1S/C35H53N5O5/c1-36-33(43)30(19-14-26-41)40-34(44)28-17-13-18-29(32(28)35(40)45)39-24-22-38(23-25-39)21-12-7-5-3-2-4-6-11-20-31(42)37-27-15-9-8-10-16-27/h13,17-18,26-27,30H,2-12,14-16,19-25H2,1H3,(H,36,43)(H,37,42). The fourth-order valence-corrected chi connectivity index (χ4v) is 7.04. The predicted molar refractivity (Wildman–Crippen MR) is 175 cm³/mol. The van der Waals surface area contributed by atoms with E-state index in [1.807, 2.05) is 6.07 Å². The van der Waals surface area contributed by atoms with Crippen LogP contribution in [0.25, 0.3) is 0 Å². The molecule has 2 N–H and O–H groups in total. The van der Waals surface area contributed by atoms with Crippen LogP contribution in [0.5, 0.6) is 0 Å². The Balaban J connectivity index is 1.11. The van der Waals surface area contributed by atoms with Crippen LogP contribution in [0.2, 0.25) is 0 Å². The molecule has 4 amide bonds. The summed E-state index contributed by atoms with van der Waals surface area (Å²) in [7, 11) is 1.46. The Morgan fingerprint density at radius 2 is 1.56 bits per heavy atom. The number of aldehydes is 1. The summed E-state index contributed by atoms with van der Waals surface area (Å²) in [5.41, 5.74) is 1.42. The van der Waals surface area contributed by atoms with Gasteiger partial charge in [-0.05, 0) is 50.8 Å². The van der Waals surface area contributed by atoms with Crippen molar-refractivity contribution in [3.8, 4) is 0 Å². The molecular formula is C35H53N5O5. The summed E-state index contributed by atoms with van der Waals surface area (Å²) < 4.78 is 0. The zero-order valence-corrected chi connectivity index (χ0v) is 27.2. The molecule has 1 aliphatic carbocycles. The van der Waals surface area contributed by atoms with Crippen LogP contribution in [-0.4, -0.2) is 91.6 Å². The molecule has 4 rings (SSSR count). The summed E-state index contributed by atoms with van der Waals surface area (Å²) >= 11 is 0. The lowest BCUT2D eigenvalue weighted by Crippen LogP contribution is -2.49. The van der Waals surface area contributed by atoms with Crippen molar-refractivity contribution in [2.24, 2.45) is 0 Å². The fraction of sp³-hybridized carbons (Fsp3) is 0.686. The van der Waals surface area contributed by atoms with Gasteiger partial charge >= 0.3 is 0 Å². The Morgan fingerprint density at radius 3 is 2.22 bits per heavy atom. The van der Waals surface area contributed by atoms with E-state index < -0.39 is 23.8 Å². The first-order valence-corrected chi connectivity index (χ1v) is 17.4. The quantitative estimate of drug-likeness (QED) is 0.141. The molecule has 2 heterocycles. The lowest BCUT2D eigenvalue weighted by Gasteiger charge is -2.36. The Morgan fingerprint density at radius 1 is 0.889 bits per heavy atom. The zero-order chi connectivity index (χ0) is 32.0. The van der Waals surface area contributed by atoms with Gasteiger partial charge in [-0.1, -0.05) is 63.9 Å². The molecule has 2 fully saturated rings. The normalized spacial score (nSPS) is 18.2. The van der Waals surface area contributed by atoms with Crippen LogP contribution in [0.15, 0.2) is 18.2 Å². The van der Waals surface area contributed by atoms with Crippen LogP contribution < -0.4 is 15.5 Å². The minimum absolute atomic E-state index is 0.0852. The summed E-state index contributed by atoms with van der Waals surface area (Å²) in [6.07, 6.45) is 17.1. The number of carbonyl (C=O) groups excluding carboxylic acids is 5. The number of likely N-dealkylation sites (N-methyl/N-ethyl adjacent to an activating group) is 1. The van der Waals surface area contributed by atoms with Crippen molar-refractivity contribution in [2.45, 2.75) is 115 Å². The van der Waals surface area contributed by atoms with Crippen LogP contribution >= 0.6 is 0 Å². The van der Waals surface area contributed by atoms with Crippen LogP contribution in [0.3, 0.4) is 0 Å². The Labute approximate surface area is 268 Å². The van der Waals surface area contributed by atoms with E-state index in [1.54, 1.807) is 12.1 Å². The first kappa shape index (κ1) is 34.6. The van der Waals surface area contributed by atoms with Crippen molar-refractivity contribution in [2.75, 3.05) is 44.7 Å². The van der Waals surface area contributed by atoms with E-state index in [2.05, 4.69) is 20.4 Å². The van der Waals surface area contributed by atoms with E-state index in [1.165, 1.54) is 64.8 Å². The van der Waals surface area contributed by atoms with E-state index >= 15 is 0 Å². The molecule has 10 heteroatoms. The number of rotatable bonds is 18. The van der Waals surface area contributed by atoms with E-state index in [-0.39, 0.29) is 18.7 Å². The SMILES string of the molecule is CNC(=O)C(CCC=O)N1C(=O)c2cccc(N3CCN(CCCCCCCCCCC(=O)NC4CCCCC4)CC3)c2C1=O. The van der Waals surface area contributed by atoms with Gasteiger partial charge < -0.3 is 20.3 Å². The summed E-state index contributed by atoms with van der Waals surface area (Å²) in [6.45, 7) is 4.38. The van der Waals surface area contributed by atoms with Crippen LogP contribution in [0.1, 0.15) is 123 Å². The molecule has 248 valence electrons. The predicted octanol–water partition coefficient (Wildman–Crippen LogP) is 4.46. The molecule has 0 spiro atoms. The van der Waals surface area contributed by atoms with Gasteiger partial charge in [0.05, 0.1) is 16.8 Å². The maximum Gasteiger partial charge on any atom is 0.264 e. The van der Waals surface area contributed by atoms with Gasteiger partial charge in [-0.15, -0.1) is 0 Å². The van der Waals surface area contributed by atoms with Gasteiger partial charge in [0.15, 0.2) is 0 Å². The molecule has 10 nitrogen and oxygen atoms in total. The van der Waals surface area contributed by atoms with Gasteiger partial charge in [0.25, 0.3) is 11.8 Å². The molecular weight excluding hydrogens is 570 g/mol. The smallest absolute Gasteiger partial charge is 0.264 e. The van der Waals surface area contributed by atoms with Crippen molar-refractivity contribution in [1.29, 1.82) is 0 Å². The lowest BCUT2D eigenvalue weighted by atomic mass is 9.95. The minimum atomic E-state index is -1.01. The number of piperazine rings is 1. The highest BCUT2D eigenvalue weighted by atomic mass is 16.2. The molecule has 0 bridgehead atoms. The molecule has 1 aromatic rings. The number of hydrogen-bond donors (Lipinski definition) is 2. The van der Waals surface area contributed by atoms with E-state index in [0.717, 1.165) is 69.0 Å². The number of nitrogens with one attached hydrogen (secondary N) is 2. The molecule has 1 saturated heterocycles. The van der Waals surface area contributed by atoms with Gasteiger partial charge in [-0.3, -0.25) is 29.0 Å². The van der Waals surface area contributed by atoms with Crippen molar-refractivity contribution >= 4 is 35.6 Å². The number of unbranched alkanes of at least 4 members (excludes halogenated alkanes) is 7. The molecule has 1 aromatic carbocycles. The third kappa shape index (κ3) is 9.61. The van der Waals surface area contributed by atoms with Crippen molar-refractivity contribution in [3.05, 3.63) is 29.3 Å². The Kier molecular flexibility index (Phi) is 13.9. The van der Waals surface area contributed by atoms with Gasteiger partial charge in [0.1, 0.15) is 12.3 Å². The lowest BCUT2D eigenvalue weighted by molar-refractivity contribution is -0.125. The van der Waals surface area contributed by atoms with Crippen molar-refractivity contribution in [1.82, 2.24) is 20.4 Å². The van der Waals surface area contributed by atoms with Gasteiger partial charge in [-0.2, -0.15) is 0 Å². The summed E-state index contributed by atoms with van der Waals surface area (Å²) in [6, 6.07) is 4.73. The van der Waals surface area contributed by atoms with Crippen LogP contribution in [-0.2, 0) is 14.4 Å². The monoisotopic (exact) mass is 623 g/mol. The highest BCUT2D eigenvalue weighted by Crippen LogP contribution is 2.34. The third-order valence-electron chi connectivity index (χ3n) is 9.65. The fourth-order valence-electron chi connectivity index (χ4n) is 7.04. The molecule has 1 saturated carbocycles. The first-order valence-electron chi connectivity index (χ1n) is 17.4. The van der Waals surface area contributed by atoms with Crippen molar-refractivity contribution in [3.63, 3.8) is 0 Å². The largest absolute Gasteiger partial charge is 0.368 e. The third-order valence-corrected chi connectivity index (χ3v) is 9.65. The molecule has 0 radical (unpaired) electrons. The second-order valence-corrected chi connectivity index (χ2v) is 12.9. The van der Waals surface area contributed by atoms with E-state index in [0.29, 0.717) is 29.9 Å². The number of imide groups is 1. The molecule has 3 aliphatic rings. The van der Waals surface area contributed by atoms with Crippen LogP contribution in [0.4, 0.5) is 5.69 Å². The maximum atomic E-state index is 13.5. The number of benzene rings is 1. The molecule has 45 heavy (non-hydrogen) atoms. The van der Waals surface area contributed by atoms with Crippen LogP contribution in [0, 0.1) is 0 Å². The van der Waals surface area contributed by atoms with E-state index in [9.17, 15) is 24.0 Å². The number of anilines is 1. The van der Waals surface area contributed by atoms with Crippen molar-refractivity contribution < 1.29 is 24.0 Å². The molecule has 1 atom stereocenters. The number of hydrogen-bond acceptors (Lipinski definition) is 7. The van der Waals surface area contributed by atoms with Gasteiger partial charge in [0.2, 0.25) is 11.8 Å². The van der Waals surface area contributed by atoms with E-state index in [4.69, 9.17) is 0 Å². The maximum absolute atomic E-state index is 13.5. The summed E-state index contributed by atoms with van der Waals surface area (Å²) in [4.78, 5) is 68.1. The summed E-state index contributed by atoms with van der Waals surface area (Å²) in [5.74, 6) is -1.16. The highest BCUT2D eigenvalue weighted by Gasteiger charge is 2.44. The highest BCUT2D eigenvalue weighted by molar-refractivity contribution is 6.25. The molecule has 1 unspecified atom stereocenters. The number of carbonyl (C=O) groups is 5. The zero-order valence-electron chi connectivity index (χ0n) is 27.2. The Hall–Kier alpha value is -3.27. The first-order chi connectivity index (χ1) is 21.9. The minimum Gasteiger partial charge on any atom is -0.368 e. The second kappa shape index (κ2) is 18.0. The van der Waals surface area contributed by atoms with Gasteiger partial charge in [-0.25, -0.2) is 0 Å². The number of amides is 4.